The number of nitrogens with one attached hydrogen (secondary N) is 2. The molecule has 0 radical (unpaired) electrons. The van der Waals surface area contributed by atoms with Crippen molar-refractivity contribution in [2.75, 3.05) is 32.7 Å². The second-order valence-electron chi connectivity index (χ2n) is 7.33. The van der Waals surface area contributed by atoms with Crippen molar-refractivity contribution in [3.63, 3.8) is 0 Å². The molecule has 1 aromatic rings. The molecule has 1 saturated heterocycles. The lowest BCUT2D eigenvalue weighted by Gasteiger charge is -2.30. The van der Waals surface area contributed by atoms with Crippen LogP contribution in [0.2, 0.25) is 0 Å². The van der Waals surface area contributed by atoms with Crippen molar-refractivity contribution in [3.8, 4) is 5.75 Å². The fraction of sp³-hybridized carbons (Fsp3) is 0.619. The number of nitrogens with zero attached hydrogens (tertiary/aromatic N) is 2. The van der Waals surface area contributed by atoms with E-state index in [1.54, 1.807) is 18.2 Å². The number of benzene rings is 1. The summed E-state index contributed by atoms with van der Waals surface area (Å²) in [6, 6.07) is 6.68. The van der Waals surface area contributed by atoms with Gasteiger partial charge in [-0.3, -0.25) is 4.79 Å². The number of carbonyl (C=O) groups excluding carboxylic acids is 1. The predicted molar refractivity (Wildman–Crippen MR) is 113 cm³/mol. The van der Waals surface area contributed by atoms with E-state index in [0.717, 1.165) is 51.9 Å². The van der Waals surface area contributed by atoms with Crippen LogP contribution in [0.3, 0.4) is 0 Å². The standard InChI is InChI=1S/C21H33F2N5O2/c1-2-25-21(27-15-17-7-3-4-8-18(17)30-20(22)23)26-11-5-6-12-28-13-9-16(10-14-28)19(24)29/h3-4,7-8,16,20H,2,5-6,9-15H2,1H3,(H2,24,29)(H2,25,26,27). The molecule has 0 aliphatic carbocycles. The van der Waals surface area contributed by atoms with Crippen molar-refractivity contribution in [1.82, 2.24) is 15.5 Å². The van der Waals surface area contributed by atoms with E-state index >= 15 is 0 Å². The van der Waals surface area contributed by atoms with Crippen molar-refractivity contribution in [2.24, 2.45) is 16.6 Å². The van der Waals surface area contributed by atoms with Gasteiger partial charge in [0.15, 0.2) is 5.96 Å². The number of amides is 1. The average molecular weight is 426 g/mol. The number of likely N-dealkylation sites (tertiary alicyclic amines) is 1. The summed E-state index contributed by atoms with van der Waals surface area (Å²) >= 11 is 0. The van der Waals surface area contributed by atoms with Gasteiger partial charge in [0.2, 0.25) is 5.91 Å². The smallest absolute Gasteiger partial charge is 0.387 e. The van der Waals surface area contributed by atoms with Crippen LogP contribution in [-0.2, 0) is 11.3 Å². The Balaban J connectivity index is 1.72. The van der Waals surface area contributed by atoms with Crippen LogP contribution < -0.4 is 21.1 Å². The molecule has 168 valence electrons. The molecule has 0 spiro atoms. The molecule has 1 heterocycles. The topological polar surface area (TPSA) is 92.0 Å². The molecule has 1 fully saturated rings. The van der Waals surface area contributed by atoms with Gasteiger partial charge in [-0.05, 0) is 58.3 Å². The van der Waals surface area contributed by atoms with Crippen LogP contribution in [0, 0.1) is 5.92 Å². The second-order valence-corrected chi connectivity index (χ2v) is 7.33. The molecule has 0 bridgehead atoms. The molecule has 0 unspecified atom stereocenters. The highest BCUT2D eigenvalue weighted by molar-refractivity contribution is 5.79. The minimum Gasteiger partial charge on any atom is -0.434 e. The van der Waals surface area contributed by atoms with Gasteiger partial charge in [0.1, 0.15) is 5.75 Å². The lowest BCUT2D eigenvalue weighted by Crippen LogP contribution is -2.39. The number of hydrogen-bond acceptors (Lipinski definition) is 4. The third-order valence-corrected chi connectivity index (χ3v) is 5.12. The van der Waals surface area contributed by atoms with E-state index < -0.39 is 6.61 Å². The Kier molecular flexibility index (Phi) is 10.3. The monoisotopic (exact) mass is 425 g/mol. The fourth-order valence-electron chi connectivity index (χ4n) is 3.46. The van der Waals surface area contributed by atoms with E-state index in [1.807, 2.05) is 6.92 Å². The molecule has 0 aromatic heterocycles. The van der Waals surface area contributed by atoms with Crippen LogP contribution in [0.4, 0.5) is 8.78 Å². The zero-order valence-corrected chi connectivity index (χ0v) is 17.6. The maximum Gasteiger partial charge on any atom is 0.387 e. The number of ether oxygens (including phenoxy) is 1. The number of nitrogens with two attached hydrogens (primary N) is 1. The van der Waals surface area contributed by atoms with Crippen LogP contribution in [0.5, 0.6) is 5.75 Å². The van der Waals surface area contributed by atoms with Crippen LogP contribution in [0.25, 0.3) is 0 Å². The van der Waals surface area contributed by atoms with Gasteiger partial charge in [0.05, 0.1) is 6.54 Å². The summed E-state index contributed by atoms with van der Waals surface area (Å²) in [7, 11) is 0. The third kappa shape index (κ3) is 8.52. The number of halogens is 2. The number of para-hydroxylation sites is 1. The Bertz CT molecular complexity index is 679. The number of alkyl halides is 2. The zero-order chi connectivity index (χ0) is 21.8. The van der Waals surface area contributed by atoms with Gasteiger partial charge in [-0.15, -0.1) is 0 Å². The van der Waals surface area contributed by atoms with E-state index in [2.05, 4.69) is 25.3 Å². The summed E-state index contributed by atoms with van der Waals surface area (Å²) in [6.45, 7) is 3.67. The van der Waals surface area contributed by atoms with Gasteiger partial charge in [-0.1, -0.05) is 18.2 Å². The molecule has 9 heteroatoms. The predicted octanol–water partition coefficient (Wildman–Crippen LogP) is 2.32. The van der Waals surface area contributed by atoms with Gasteiger partial charge < -0.3 is 26.0 Å². The highest BCUT2D eigenvalue weighted by atomic mass is 19.3. The first-order chi connectivity index (χ1) is 14.5. The van der Waals surface area contributed by atoms with Crippen LogP contribution in [-0.4, -0.2) is 56.1 Å². The number of unbranched alkanes of at least 4 members (excludes halogenated alkanes) is 1. The zero-order valence-electron chi connectivity index (χ0n) is 17.6. The molecule has 1 aromatic carbocycles. The Morgan fingerprint density at radius 1 is 1.27 bits per heavy atom. The number of primary amides is 1. The van der Waals surface area contributed by atoms with Crippen LogP contribution >= 0.6 is 0 Å². The van der Waals surface area contributed by atoms with Crippen molar-refractivity contribution < 1.29 is 18.3 Å². The van der Waals surface area contributed by atoms with Gasteiger partial charge >= 0.3 is 6.61 Å². The number of rotatable bonds is 11. The third-order valence-electron chi connectivity index (χ3n) is 5.12. The average Bonchev–Trinajstić information content (AvgIpc) is 2.72. The fourth-order valence-corrected chi connectivity index (χ4v) is 3.46. The molecule has 0 atom stereocenters. The SMILES string of the molecule is CCNC(=NCc1ccccc1OC(F)F)NCCCCN1CCC(C(N)=O)CC1. The number of aliphatic imine (C=N–C) groups is 1. The number of carbonyl (C=O) groups is 1. The van der Waals surface area contributed by atoms with E-state index in [0.29, 0.717) is 18.1 Å². The minimum atomic E-state index is -2.86. The largest absolute Gasteiger partial charge is 0.434 e. The second kappa shape index (κ2) is 13.0. The normalized spacial score (nSPS) is 15.9. The molecular formula is C21H33F2N5O2. The lowest BCUT2D eigenvalue weighted by atomic mass is 9.96. The highest BCUT2D eigenvalue weighted by Gasteiger charge is 2.22. The minimum absolute atomic E-state index is 0.0260. The first kappa shape index (κ1) is 23.9. The molecule has 30 heavy (non-hydrogen) atoms. The van der Waals surface area contributed by atoms with Crippen LogP contribution in [0.15, 0.2) is 29.3 Å². The first-order valence-electron chi connectivity index (χ1n) is 10.6. The van der Waals surface area contributed by atoms with E-state index in [-0.39, 0.29) is 24.1 Å². The number of guanidine groups is 1. The quantitative estimate of drug-likeness (QED) is 0.288. The molecule has 4 N–H and O–H groups in total. The molecule has 7 nitrogen and oxygen atoms in total. The van der Waals surface area contributed by atoms with Crippen molar-refractivity contribution in [2.45, 2.75) is 45.8 Å². The van der Waals surface area contributed by atoms with Crippen LogP contribution in [0.1, 0.15) is 38.2 Å². The van der Waals surface area contributed by atoms with E-state index in [9.17, 15) is 13.6 Å². The molecule has 1 aliphatic heterocycles. The summed E-state index contributed by atoms with van der Waals surface area (Å²) in [6.07, 6.45) is 3.72. The highest BCUT2D eigenvalue weighted by Crippen LogP contribution is 2.21. The summed E-state index contributed by atoms with van der Waals surface area (Å²) in [5, 5.41) is 6.45. The first-order valence-corrected chi connectivity index (χ1v) is 10.6. The summed E-state index contributed by atoms with van der Waals surface area (Å²) in [5.74, 6) is 0.634. The van der Waals surface area contributed by atoms with E-state index in [1.165, 1.54) is 6.07 Å². The molecule has 0 saturated carbocycles. The number of hydrogen-bond donors (Lipinski definition) is 3. The Hall–Kier alpha value is -2.42. The molecule has 1 aliphatic rings. The maximum atomic E-state index is 12.5. The molecule has 2 rings (SSSR count). The summed E-state index contributed by atoms with van der Waals surface area (Å²) in [5.41, 5.74) is 5.98. The Morgan fingerprint density at radius 3 is 2.67 bits per heavy atom. The van der Waals surface area contributed by atoms with Crippen molar-refractivity contribution >= 4 is 11.9 Å². The Morgan fingerprint density at radius 2 is 2.00 bits per heavy atom. The van der Waals surface area contributed by atoms with E-state index in [4.69, 9.17) is 5.73 Å². The molecular weight excluding hydrogens is 392 g/mol. The summed E-state index contributed by atoms with van der Waals surface area (Å²) < 4.78 is 29.6. The lowest BCUT2D eigenvalue weighted by molar-refractivity contribution is -0.123. The van der Waals surface area contributed by atoms with Gasteiger partial charge in [0, 0.05) is 24.6 Å². The number of piperidine rings is 1. The van der Waals surface area contributed by atoms with Crippen molar-refractivity contribution in [1.29, 1.82) is 0 Å². The van der Waals surface area contributed by atoms with Gasteiger partial charge in [0.25, 0.3) is 0 Å². The Labute approximate surface area is 177 Å². The van der Waals surface area contributed by atoms with Gasteiger partial charge in [-0.2, -0.15) is 8.78 Å². The molecule has 1 amide bonds. The summed E-state index contributed by atoms with van der Waals surface area (Å²) in [4.78, 5) is 18.1. The van der Waals surface area contributed by atoms with Crippen molar-refractivity contribution in [3.05, 3.63) is 29.8 Å². The van der Waals surface area contributed by atoms with Gasteiger partial charge in [-0.25, -0.2) is 4.99 Å². The maximum absolute atomic E-state index is 12.5.